The summed E-state index contributed by atoms with van der Waals surface area (Å²) in [7, 11) is 0. The number of likely N-dealkylation sites (tertiary alicyclic amines) is 1. The Morgan fingerprint density at radius 2 is 2.19 bits per heavy atom. The Morgan fingerprint density at radius 1 is 1.32 bits per heavy atom. The number of carbonyl (C=O) groups is 1. The fourth-order valence-corrected chi connectivity index (χ4v) is 4.03. The Kier molecular flexibility index (Phi) is 6.96. The van der Waals surface area contributed by atoms with Crippen LogP contribution in [0.4, 0.5) is 9.18 Å². The van der Waals surface area contributed by atoms with Gasteiger partial charge in [-0.05, 0) is 30.5 Å². The van der Waals surface area contributed by atoms with Crippen LogP contribution in [0.5, 0.6) is 5.88 Å². The number of piperidine rings is 1. The summed E-state index contributed by atoms with van der Waals surface area (Å²) in [5.74, 6) is 1.11. The van der Waals surface area contributed by atoms with Crippen molar-refractivity contribution in [1.82, 2.24) is 20.2 Å². The predicted molar refractivity (Wildman–Crippen MR) is 113 cm³/mol. The summed E-state index contributed by atoms with van der Waals surface area (Å²) in [6.07, 6.45) is 3.84. The summed E-state index contributed by atoms with van der Waals surface area (Å²) >= 11 is 0. The van der Waals surface area contributed by atoms with Gasteiger partial charge < -0.3 is 19.7 Å². The minimum atomic E-state index is -0.306. The topological polar surface area (TPSA) is 76.6 Å². The maximum atomic E-state index is 13.3. The zero-order valence-corrected chi connectivity index (χ0v) is 17.9. The van der Waals surface area contributed by atoms with Crippen molar-refractivity contribution in [3.05, 3.63) is 52.7 Å². The summed E-state index contributed by atoms with van der Waals surface area (Å²) in [6, 6.07) is 6.09. The van der Waals surface area contributed by atoms with Gasteiger partial charge in [0.15, 0.2) is 0 Å². The molecule has 166 valence electrons. The van der Waals surface area contributed by atoms with Crippen LogP contribution >= 0.6 is 0 Å². The molecule has 2 amide bonds. The van der Waals surface area contributed by atoms with Crippen LogP contribution in [0.15, 0.2) is 24.3 Å². The second kappa shape index (κ2) is 10.0. The number of aryl methyl sites for hydroxylation is 1. The summed E-state index contributed by atoms with van der Waals surface area (Å²) < 4.78 is 25.3. The van der Waals surface area contributed by atoms with Crippen LogP contribution in [0.2, 0.25) is 0 Å². The minimum absolute atomic E-state index is 0.124. The maximum Gasteiger partial charge on any atom is 0.317 e. The monoisotopic (exact) mass is 428 g/mol. The first-order valence-corrected chi connectivity index (χ1v) is 11.0. The molecule has 1 atom stereocenters. The zero-order chi connectivity index (χ0) is 21.6. The molecule has 0 radical (unpaired) electrons. The highest BCUT2D eigenvalue weighted by molar-refractivity contribution is 5.74. The van der Waals surface area contributed by atoms with Crippen molar-refractivity contribution in [3.63, 3.8) is 0 Å². The standard InChI is InChI=1S/C23H29FN4O3/c1-2-21-26-20-9-12-30-11-8-19(20)22(27-21)31-18-7-4-10-28(15-18)23(29)25-14-16-5-3-6-17(24)13-16/h3,5-6,13,18H,2,4,7-12,14-15H2,1H3,(H,25,29). The molecule has 7 nitrogen and oxygen atoms in total. The van der Waals surface area contributed by atoms with E-state index in [9.17, 15) is 9.18 Å². The Bertz CT molecular complexity index is 924. The molecule has 3 heterocycles. The van der Waals surface area contributed by atoms with Crippen LogP contribution in [0.25, 0.3) is 0 Å². The number of hydrogen-bond acceptors (Lipinski definition) is 5. The quantitative estimate of drug-likeness (QED) is 0.792. The SMILES string of the molecule is CCc1nc2c(c(OC3CCCN(C(=O)NCc4cccc(F)c4)C3)n1)CCOCC2. The molecule has 2 aromatic rings. The minimum Gasteiger partial charge on any atom is -0.472 e. The van der Waals surface area contributed by atoms with Gasteiger partial charge in [0.25, 0.3) is 0 Å². The van der Waals surface area contributed by atoms with E-state index in [1.54, 1.807) is 17.0 Å². The number of fused-ring (bicyclic) bond motifs is 1. The largest absolute Gasteiger partial charge is 0.472 e. The van der Waals surface area contributed by atoms with Crippen molar-refractivity contribution >= 4 is 6.03 Å². The first kappa shape index (κ1) is 21.5. The number of carbonyl (C=O) groups excluding carboxylic acids is 1. The lowest BCUT2D eigenvalue weighted by Gasteiger charge is -2.33. The number of nitrogens with zero attached hydrogens (tertiary/aromatic N) is 3. The maximum absolute atomic E-state index is 13.3. The van der Waals surface area contributed by atoms with E-state index in [1.807, 2.05) is 6.92 Å². The predicted octanol–water partition coefficient (Wildman–Crippen LogP) is 3.05. The third-order valence-corrected chi connectivity index (χ3v) is 5.67. The van der Waals surface area contributed by atoms with Crippen LogP contribution < -0.4 is 10.1 Å². The molecule has 0 spiro atoms. The summed E-state index contributed by atoms with van der Waals surface area (Å²) in [4.78, 5) is 23.7. The Labute approximate surface area is 182 Å². The van der Waals surface area contributed by atoms with E-state index in [4.69, 9.17) is 9.47 Å². The van der Waals surface area contributed by atoms with E-state index < -0.39 is 0 Å². The smallest absolute Gasteiger partial charge is 0.317 e. The molecule has 0 bridgehead atoms. The van der Waals surface area contributed by atoms with Crippen LogP contribution in [-0.2, 0) is 30.5 Å². The van der Waals surface area contributed by atoms with E-state index in [2.05, 4.69) is 15.3 Å². The molecule has 2 aliphatic heterocycles. The third kappa shape index (κ3) is 5.50. The van der Waals surface area contributed by atoms with Crippen LogP contribution in [0.3, 0.4) is 0 Å². The van der Waals surface area contributed by atoms with E-state index in [1.165, 1.54) is 12.1 Å². The first-order chi connectivity index (χ1) is 15.1. The molecule has 1 saturated heterocycles. The summed E-state index contributed by atoms with van der Waals surface area (Å²) in [6.45, 7) is 4.78. The lowest BCUT2D eigenvalue weighted by Crippen LogP contribution is -2.48. The van der Waals surface area contributed by atoms with E-state index >= 15 is 0 Å². The Hall–Kier alpha value is -2.74. The number of rotatable bonds is 5. The van der Waals surface area contributed by atoms with Crippen molar-refractivity contribution in [2.24, 2.45) is 0 Å². The van der Waals surface area contributed by atoms with Gasteiger partial charge in [0, 0.05) is 37.9 Å². The molecule has 31 heavy (non-hydrogen) atoms. The normalized spacial score (nSPS) is 18.8. The van der Waals surface area contributed by atoms with Gasteiger partial charge in [-0.3, -0.25) is 0 Å². The molecular weight excluding hydrogens is 399 g/mol. The van der Waals surface area contributed by atoms with Gasteiger partial charge in [0.1, 0.15) is 17.7 Å². The van der Waals surface area contributed by atoms with Crippen molar-refractivity contribution < 1.29 is 18.7 Å². The molecule has 8 heteroatoms. The number of ether oxygens (including phenoxy) is 2. The highest BCUT2D eigenvalue weighted by Gasteiger charge is 2.27. The van der Waals surface area contributed by atoms with Crippen LogP contribution in [-0.4, -0.2) is 53.3 Å². The lowest BCUT2D eigenvalue weighted by atomic mass is 10.1. The van der Waals surface area contributed by atoms with E-state index in [-0.39, 0.29) is 24.5 Å². The number of benzene rings is 1. The number of amides is 2. The van der Waals surface area contributed by atoms with Crippen molar-refractivity contribution in [1.29, 1.82) is 0 Å². The van der Waals surface area contributed by atoms with Gasteiger partial charge in [-0.1, -0.05) is 19.1 Å². The number of halogens is 1. The van der Waals surface area contributed by atoms with Crippen molar-refractivity contribution in [2.45, 2.75) is 51.7 Å². The number of nitrogens with one attached hydrogen (secondary N) is 1. The third-order valence-electron chi connectivity index (χ3n) is 5.67. The van der Waals surface area contributed by atoms with Gasteiger partial charge in [0.05, 0.1) is 25.5 Å². The average Bonchev–Trinajstić information content (AvgIpc) is 3.03. The molecule has 0 aliphatic carbocycles. The Morgan fingerprint density at radius 3 is 3.03 bits per heavy atom. The Balaban J connectivity index is 1.40. The van der Waals surface area contributed by atoms with E-state index in [0.717, 1.165) is 54.7 Å². The van der Waals surface area contributed by atoms with Gasteiger partial charge in [0.2, 0.25) is 5.88 Å². The fraction of sp³-hybridized carbons (Fsp3) is 0.522. The number of aromatic nitrogens is 2. The first-order valence-electron chi connectivity index (χ1n) is 11.0. The lowest BCUT2D eigenvalue weighted by molar-refractivity contribution is 0.0960. The molecule has 2 aliphatic rings. The van der Waals surface area contributed by atoms with Gasteiger partial charge in [-0.25, -0.2) is 14.2 Å². The molecule has 1 N–H and O–H groups in total. The molecule has 1 fully saturated rings. The average molecular weight is 429 g/mol. The summed E-state index contributed by atoms with van der Waals surface area (Å²) in [5, 5.41) is 2.88. The molecule has 1 aromatic heterocycles. The van der Waals surface area contributed by atoms with Gasteiger partial charge in [-0.2, -0.15) is 4.98 Å². The highest BCUT2D eigenvalue weighted by atomic mass is 19.1. The molecule has 1 aromatic carbocycles. The van der Waals surface area contributed by atoms with Gasteiger partial charge in [-0.15, -0.1) is 0 Å². The fourth-order valence-electron chi connectivity index (χ4n) is 4.03. The van der Waals surface area contributed by atoms with Crippen LogP contribution in [0.1, 0.15) is 42.4 Å². The van der Waals surface area contributed by atoms with Crippen molar-refractivity contribution in [2.75, 3.05) is 26.3 Å². The summed E-state index contributed by atoms with van der Waals surface area (Å²) in [5.41, 5.74) is 2.78. The van der Waals surface area contributed by atoms with Crippen LogP contribution in [0, 0.1) is 5.82 Å². The van der Waals surface area contributed by atoms with E-state index in [0.29, 0.717) is 32.2 Å². The molecule has 1 unspecified atom stereocenters. The zero-order valence-electron chi connectivity index (χ0n) is 17.9. The molecular formula is C23H29FN4O3. The molecule has 0 saturated carbocycles. The second-order valence-corrected chi connectivity index (χ2v) is 7.95. The second-order valence-electron chi connectivity index (χ2n) is 7.95. The van der Waals surface area contributed by atoms with Crippen molar-refractivity contribution in [3.8, 4) is 5.88 Å². The number of hydrogen-bond donors (Lipinski definition) is 1. The molecule has 4 rings (SSSR count). The van der Waals surface area contributed by atoms with Gasteiger partial charge >= 0.3 is 6.03 Å². The highest BCUT2D eigenvalue weighted by Crippen LogP contribution is 2.26. The number of urea groups is 1.